The number of ether oxygens (including phenoxy) is 2. The number of amides is 1. The van der Waals surface area contributed by atoms with Crippen LogP contribution in [-0.4, -0.2) is 25.1 Å². The number of hydrogen-bond donors (Lipinski definition) is 1. The standard InChI is InChI=1S/C22H21NO4/c1-16-6-10-20(11-7-16)26-13-12-22(25)27-15-21(24)23-19-9-8-17-4-2-3-5-18(17)14-19/h2-11,14H,12-13,15H2,1H3,(H,23,24). The molecule has 0 aliphatic rings. The van der Waals surface area contributed by atoms with E-state index in [2.05, 4.69) is 5.32 Å². The molecular formula is C22H21NO4. The summed E-state index contributed by atoms with van der Waals surface area (Å²) in [5.74, 6) is -0.156. The fourth-order valence-corrected chi connectivity index (χ4v) is 2.57. The van der Waals surface area contributed by atoms with Gasteiger partial charge in [-0.1, -0.05) is 48.0 Å². The second-order valence-electron chi connectivity index (χ2n) is 6.18. The summed E-state index contributed by atoms with van der Waals surface area (Å²) in [5.41, 5.74) is 1.80. The van der Waals surface area contributed by atoms with Crippen molar-refractivity contribution in [3.8, 4) is 5.75 Å². The third-order valence-electron chi connectivity index (χ3n) is 3.99. The van der Waals surface area contributed by atoms with Crippen molar-refractivity contribution in [2.75, 3.05) is 18.5 Å². The molecule has 0 atom stereocenters. The molecule has 1 N–H and O–H groups in total. The monoisotopic (exact) mass is 363 g/mol. The van der Waals surface area contributed by atoms with Crippen LogP contribution in [0.1, 0.15) is 12.0 Å². The lowest BCUT2D eigenvalue weighted by Gasteiger charge is -2.08. The highest BCUT2D eigenvalue weighted by molar-refractivity contribution is 5.95. The Hall–Kier alpha value is -3.34. The number of esters is 1. The van der Waals surface area contributed by atoms with Crippen molar-refractivity contribution in [2.24, 2.45) is 0 Å². The van der Waals surface area contributed by atoms with Crippen LogP contribution in [0.5, 0.6) is 5.75 Å². The maximum absolute atomic E-state index is 12.0. The molecule has 0 heterocycles. The van der Waals surface area contributed by atoms with E-state index in [0.717, 1.165) is 16.3 Å². The molecular weight excluding hydrogens is 342 g/mol. The lowest BCUT2D eigenvalue weighted by molar-refractivity contribution is -0.147. The molecule has 5 heteroatoms. The summed E-state index contributed by atoms with van der Waals surface area (Å²) >= 11 is 0. The quantitative estimate of drug-likeness (QED) is 0.642. The molecule has 0 saturated heterocycles. The second kappa shape index (κ2) is 8.85. The molecule has 0 aromatic heterocycles. The van der Waals surface area contributed by atoms with Crippen LogP contribution in [0.2, 0.25) is 0 Å². The molecule has 0 fully saturated rings. The van der Waals surface area contributed by atoms with Gasteiger partial charge >= 0.3 is 5.97 Å². The van der Waals surface area contributed by atoms with Gasteiger partial charge in [-0.2, -0.15) is 0 Å². The van der Waals surface area contributed by atoms with E-state index in [1.54, 1.807) is 0 Å². The molecule has 1 amide bonds. The summed E-state index contributed by atoms with van der Waals surface area (Å²) in [5, 5.41) is 4.85. The van der Waals surface area contributed by atoms with Crippen LogP contribution in [0.25, 0.3) is 10.8 Å². The van der Waals surface area contributed by atoms with E-state index in [9.17, 15) is 9.59 Å². The van der Waals surface area contributed by atoms with Crippen LogP contribution in [-0.2, 0) is 14.3 Å². The highest BCUT2D eigenvalue weighted by Crippen LogP contribution is 2.18. The molecule has 3 aromatic rings. The van der Waals surface area contributed by atoms with Gasteiger partial charge in [0.05, 0.1) is 13.0 Å². The molecule has 0 spiro atoms. The minimum atomic E-state index is -0.476. The van der Waals surface area contributed by atoms with Gasteiger partial charge in [-0.05, 0) is 42.0 Å². The molecule has 138 valence electrons. The van der Waals surface area contributed by atoms with Crippen molar-refractivity contribution in [1.82, 2.24) is 0 Å². The number of aryl methyl sites for hydroxylation is 1. The van der Waals surface area contributed by atoms with Crippen LogP contribution in [0.3, 0.4) is 0 Å². The van der Waals surface area contributed by atoms with Crippen LogP contribution < -0.4 is 10.1 Å². The van der Waals surface area contributed by atoms with E-state index < -0.39 is 5.97 Å². The summed E-state index contributed by atoms with van der Waals surface area (Å²) in [7, 11) is 0. The van der Waals surface area contributed by atoms with E-state index in [0.29, 0.717) is 11.4 Å². The summed E-state index contributed by atoms with van der Waals surface area (Å²) in [6.07, 6.45) is 0.0805. The van der Waals surface area contributed by atoms with Gasteiger partial charge in [0.25, 0.3) is 5.91 Å². The summed E-state index contributed by atoms with van der Waals surface area (Å²) in [6.45, 7) is 1.87. The Balaban J connectivity index is 1.40. The minimum absolute atomic E-state index is 0.0805. The van der Waals surface area contributed by atoms with Crippen LogP contribution in [0, 0.1) is 6.92 Å². The predicted octanol–water partition coefficient (Wildman–Crippen LogP) is 4.10. The molecule has 27 heavy (non-hydrogen) atoms. The Kier molecular flexibility index (Phi) is 6.05. The van der Waals surface area contributed by atoms with Crippen molar-refractivity contribution in [1.29, 1.82) is 0 Å². The molecule has 3 aromatic carbocycles. The smallest absolute Gasteiger partial charge is 0.309 e. The van der Waals surface area contributed by atoms with Crippen LogP contribution in [0.4, 0.5) is 5.69 Å². The van der Waals surface area contributed by atoms with E-state index in [4.69, 9.17) is 9.47 Å². The number of anilines is 1. The third kappa shape index (κ3) is 5.57. The zero-order chi connectivity index (χ0) is 19.1. The van der Waals surface area contributed by atoms with Gasteiger partial charge in [-0.15, -0.1) is 0 Å². The predicted molar refractivity (Wildman–Crippen MR) is 105 cm³/mol. The Morgan fingerprint density at radius 1 is 0.926 bits per heavy atom. The Labute approximate surface area is 157 Å². The number of carbonyl (C=O) groups excluding carboxylic acids is 2. The number of fused-ring (bicyclic) bond motifs is 1. The zero-order valence-corrected chi connectivity index (χ0v) is 15.1. The van der Waals surface area contributed by atoms with Gasteiger partial charge < -0.3 is 14.8 Å². The van der Waals surface area contributed by atoms with Crippen molar-refractivity contribution in [3.63, 3.8) is 0 Å². The van der Waals surface area contributed by atoms with E-state index in [1.807, 2.05) is 73.7 Å². The van der Waals surface area contributed by atoms with Gasteiger partial charge in [-0.3, -0.25) is 9.59 Å². The molecule has 0 aliphatic heterocycles. The fourth-order valence-electron chi connectivity index (χ4n) is 2.57. The Bertz CT molecular complexity index is 934. The molecule has 5 nitrogen and oxygen atoms in total. The molecule has 3 rings (SSSR count). The first-order valence-corrected chi connectivity index (χ1v) is 8.74. The van der Waals surface area contributed by atoms with E-state index in [1.165, 1.54) is 0 Å². The van der Waals surface area contributed by atoms with E-state index >= 15 is 0 Å². The molecule has 0 unspecified atom stereocenters. The van der Waals surface area contributed by atoms with Crippen molar-refractivity contribution < 1.29 is 19.1 Å². The van der Waals surface area contributed by atoms with Gasteiger partial charge in [-0.25, -0.2) is 0 Å². The van der Waals surface area contributed by atoms with Gasteiger partial charge in [0, 0.05) is 5.69 Å². The van der Waals surface area contributed by atoms with Gasteiger partial charge in [0.1, 0.15) is 5.75 Å². The topological polar surface area (TPSA) is 64.6 Å². The molecule has 0 bridgehead atoms. The number of nitrogens with one attached hydrogen (secondary N) is 1. The van der Waals surface area contributed by atoms with Crippen molar-refractivity contribution in [3.05, 3.63) is 72.3 Å². The average Bonchev–Trinajstić information content (AvgIpc) is 2.68. The average molecular weight is 363 g/mol. The SMILES string of the molecule is Cc1ccc(OCCC(=O)OCC(=O)Nc2ccc3ccccc3c2)cc1. The number of carbonyl (C=O) groups is 2. The molecule has 0 saturated carbocycles. The Morgan fingerprint density at radius 3 is 2.44 bits per heavy atom. The second-order valence-corrected chi connectivity index (χ2v) is 6.18. The lowest BCUT2D eigenvalue weighted by atomic mass is 10.1. The normalized spacial score (nSPS) is 10.4. The van der Waals surface area contributed by atoms with Crippen LogP contribution in [0.15, 0.2) is 66.7 Å². The lowest BCUT2D eigenvalue weighted by Crippen LogP contribution is -2.21. The van der Waals surface area contributed by atoms with Crippen molar-refractivity contribution >= 4 is 28.3 Å². The maximum Gasteiger partial charge on any atom is 0.309 e. The minimum Gasteiger partial charge on any atom is -0.493 e. The zero-order valence-electron chi connectivity index (χ0n) is 15.1. The van der Waals surface area contributed by atoms with E-state index in [-0.39, 0.29) is 25.5 Å². The Morgan fingerprint density at radius 2 is 1.67 bits per heavy atom. The summed E-state index contributed by atoms with van der Waals surface area (Å²) in [4.78, 5) is 23.7. The molecule has 0 radical (unpaired) electrons. The fraction of sp³-hybridized carbons (Fsp3) is 0.182. The highest BCUT2D eigenvalue weighted by Gasteiger charge is 2.09. The number of hydrogen-bond acceptors (Lipinski definition) is 4. The number of rotatable bonds is 7. The van der Waals surface area contributed by atoms with Gasteiger partial charge in [0.15, 0.2) is 6.61 Å². The maximum atomic E-state index is 12.0. The third-order valence-corrected chi connectivity index (χ3v) is 3.99. The highest BCUT2D eigenvalue weighted by atomic mass is 16.5. The first-order chi connectivity index (χ1) is 13.1. The first-order valence-electron chi connectivity index (χ1n) is 8.74. The van der Waals surface area contributed by atoms with Gasteiger partial charge in [0.2, 0.25) is 0 Å². The largest absolute Gasteiger partial charge is 0.493 e. The number of benzene rings is 3. The summed E-state index contributed by atoms with van der Waals surface area (Å²) < 4.78 is 10.5. The summed E-state index contributed by atoms with van der Waals surface area (Å²) in [6, 6.07) is 21.1. The van der Waals surface area contributed by atoms with Crippen LogP contribution >= 0.6 is 0 Å². The first kappa shape index (κ1) is 18.5. The van der Waals surface area contributed by atoms with Crippen molar-refractivity contribution in [2.45, 2.75) is 13.3 Å². The molecule has 0 aliphatic carbocycles.